The number of pyridine rings is 1. The lowest BCUT2D eigenvalue weighted by atomic mass is 9.95. The number of H-pyrrole nitrogens is 1. The molecule has 3 nitrogen and oxygen atoms in total. The van der Waals surface area contributed by atoms with Crippen LogP contribution in [-0.2, 0) is 6.42 Å². The van der Waals surface area contributed by atoms with Crippen molar-refractivity contribution in [3.05, 3.63) is 66.0 Å². The van der Waals surface area contributed by atoms with Gasteiger partial charge in [0, 0.05) is 18.5 Å². The topological polar surface area (TPSA) is 45.8 Å². The fourth-order valence-electron chi connectivity index (χ4n) is 4.11. The number of carbonyl (C=O) groups is 1. The maximum absolute atomic E-state index is 10.9. The highest BCUT2D eigenvalue weighted by Crippen LogP contribution is 2.30. The van der Waals surface area contributed by atoms with E-state index in [1.807, 2.05) is 24.4 Å². The quantitative estimate of drug-likeness (QED) is 0.354. The summed E-state index contributed by atoms with van der Waals surface area (Å²) < 4.78 is 0. The van der Waals surface area contributed by atoms with Gasteiger partial charge in [-0.15, -0.1) is 0 Å². The molecule has 0 radical (unpaired) electrons. The summed E-state index contributed by atoms with van der Waals surface area (Å²) in [5, 5.41) is 1.03. The molecule has 1 saturated carbocycles. The van der Waals surface area contributed by atoms with Crippen LogP contribution in [-0.4, -0.2) is 15.8 Å². The van der Waals surface area contributed by atoms with Crippen molar-refractivity contribution in [1.82, 2.24) is 9.97 Å². The fourth-order valence-corrected chi connectivity index (χ4v) is 4.11. The first kappa shape index (κ1) is 23.9. The van der Waals surface area contributed by atoms with Gasteiger partial charge in [0.15, 0.2) is 5.78 Å². The average molecular weight is 407 g/mol. The maximum Gasteiger partial charge on any atom is 0.178 e. The molecule has 3 atom stereocenters. The predicted octanol–water partition coefficient (Wildman–Crippen LogP) is 7.48. The molecule has 3 heteroatoms. The van der Waals surface area contributed by atoms with Crippen LogP contribution in [0.2, 0.25) is 0 Å². The molecule has 2 aromatic heterocycles. The molecule has 4 rings (SSSR count). The zero-order valence-electron chi connectivity index (χ0n) is 19.3. The number of aromatic amines is 1. The molecule has 0 bridgehead atoms. The van der Waals surface area contributed by atoms with Crippen molar-refractivity contribution >= 4 is 16.8 Å². The standard InChI is InChI=1S/C10H20.C9H8N2O.C8H10/c1-8-4-5-9(2)7-10(3)6-8;1-6(12)8-3-2-7-4-5-10-9(7)11-8;1-2-8-6-4-3-5-7-8/h8-10H,4-7H2,1-3H3;2-5H,1H3,(H,10,11);3-7H,2H2,1H3/t8-,9+,10?;;. The SMILES string of the molecule is CC(=O)c1ccc2cc[nH]c2n1.CC1C[C@H](C)CC[C@H](C)C1.CCc1ccccc1. The van der Waals surface area contributed by atoms with Gasteiger partial charge in [-0.25, -0.2) is 4.98 Å². The van der Waals surface area contributed by atoms with Crippen LogP contribution in [0.3, 0.4) is 0 Å². The Labute approximate surface area is 182 Å². The minimum atomic E-state index is -0.00787. The van der Waals surface area contributed by atoms with E-state index in [2.05, 4.69) is 61.9 Å². The smallest absolute Gasteiger partial charge is 0.178 e. The number of hydrogen-bond donors (Lipinski definition) is 1. The predicted molar refractivity (Wildman–Crippen MR) is 128 cm³/mol. The molecule has 30 heavy (non-hydrogen) atoms. The summed E-state index contributed by atoms with van der Waals surface area (Å²) >= 11 is 0. The van der Waals surface area contributed by atoms with Gasteiger partial charge in [-0.1, -0.05) is 70.9 Å². The Balaban J connectivity index is 0.000000164. The van der Waals surface area contributed by atoms with Gasteiger partial charge >= 0.3 is 0 Å². The number of fused-ring (bicyclic) bond motifs is 1. The molecule has 0 spiro atoms. The van der Waals surface area contributed by atoms with E-state index in [-0.39, 0.29) is 5.78 Å². The molecule has 0 amide bonds. The van der Waals surface area contributed by atoms with Crippen molar-refractivity contribution in [3.63, 3.8) is 0 Å². The molecule has 2 heterocycles. The third kappa shape index (κ3) is 8.14. The van der Waals surface area contributed by atoms with Gasteiger partial charge in [0.05, 0.1) is 0 Å². The van der Waals surface area contributed by atoms with E-state index in [1.54, 1.807) is 6.07 Å². The Morgan fingerprint density at radius 1 is 0.933 bits per heavy atom. The van der Waals surface area contributed by atoms with E-state index in [0.717, 1.165) is 35.2 Å². The minimum Gasteiger partial charge on any atom is -0.346 e. The Kier molecular flexibility index (Phi) is 9.79. The second-order valence-electron chi connectivity index (χ2n) is 8.87. The van der Waals surface area contributed by atoms with Crippen LogP contribution in [0, 0.1) is 17.8 Å². The number of aryl methyl sites for hydroxylation is 1. The summed E-state index contributed by atoms with van der Waals surface area (Å²) in [5.41, 5.74) is 2.68. The minimum absolute atomic E-state index is 0.00787. The van der Waals surface area contributed by atoms with Crippen LogP contribution in [0.5, 0.6) is 0 Å². The third-order valence-electron chi connectivity index (χ3n) is 5.78. The van der Waals surface area contributed by atoms with Crippen molar-refractivity contribution in [3.8, 4) is 0 Å². The lowest BCUT2D eigenvalue weighted by Crippen LogP contribution is -1.99. The van der Waals surface area contributed by atoms with Gasteiger partial charge in [0.25, 0.3) is 0 Å². The van der Waals surface area contributed by atoms with E-state index in [4.69, 9.17) is 0 Å². The number of nitrogens with zero attached hydrogens (tertiary/aromatic N) is 1. The Morgan fingerprint density at radius 2 is 1.57 bits per heavy atom. The number of benzene rings is 1. The van der Waals surface area contributed by atoms with E-state index < -0.39 is 0 Å². The van der Waals surface area contributed by atoms with Gasteiger partial charge in [0.2, 0.25) is 0 Å². The first-order valence-corrected chi connectivity index (χ1v) is 11.4. The fraction of sp³-hybridized carbons (Fsp3) is 0.481. The van der Waals surface area contributed by atoms with Crippen LogP contribution in [0.4, 0.5) is 0 Å². The highest BCUT2D eigenvalue weighted by molar-refractivity contribution is 5.94. The molecule has 1 unspecified atom stereocenters. The number of carbonyl (C=O) groups excluding carboxylic acids is 1. The molecule has 1 N–H and O–H groups in total. The van der Waals surface area contributed by atoms with Crippen LogP contribution in [0.25, 0.3) is 11.0 Å². The number of rotatable bonds is 2. The normalized spacial score (nSPS) is 20.9. The number of aromatic nitrogens is 2. The number of ketones is 1. The molecular formula is C27H38N2O. The van der Waals surface area contributed by atoms with Crippen LogP contribution in [0.15, 0.2) is 54.7 Å². The number of Topliss-reactive ketones (excluding diaryl/α,β-unsaturated/α-hetero) is 1. The Hall–Kier alpha value is -2.42. The Morgan fingerprint density at radius 3 is 2.10 bits per heavy atom. The molecular weight excluding hydrogens is 368 g/mol. The summed E-state index contributed by atoms with van der Waals surface area (Å²) in [5.74, 6) is 2.94. The molecule has 3 aromatic rings. The summed E-state index contributed by atoms with van der Waals surface area (Å²) in [6.45, 7) is 10.9. The van der Waals surface area contributed by atoms with E-state index in [0.29, 0.717) is 5.69 Å². The second kappa shape index (κ2) is 12.3. The lowest BCUT2D eigenvalue weighted by Gasteiger charge is -2.11. The Bertz CT molecular complexity index is 872. The van der Waals surface area contributed by atoms with Crippen molar-refractivity contribution in [1.29, 1.82) is 0 Å². The second-order valence-corrected chi connectivity index (χ2v) is 8.87. The van der Waals surface area contributed by atoms with E-state index in [9.17, 15) is 4.79 Å². The molecule has 1 aliphatic carbocycles. The van der Waals surface area contributed by atoms with Gasteiger partial charge < -0.3 is 4.98 Å². The number of nitrogens with one attached hydrogen (secondary N) is 1. The molecule has 0 aliphatic heterocycles. The first-order chi connectivity index (χ1) is 14.4. The molecule has 0 saturated heterocycles. The largest absolute Gasteiger partial charge is 0.346 e. The third-order valence-corrected chi connectivity index (χ3v) is 5.78. The lowest BCUT2D eigenvalue weighted by molar-refractivity contribution is 0.101. The summed E-state index contributed by atoms with van der Waals surface area (Å²) in [6.07, 6.45) is 8.80. The zero-order valence-corrected chi connectivity index (χ0v) is 19.3. The molecule has 1 fully saturated rings. The van der Waals surface area contributed by atoms with Gasteiger partial charge in [-0.05, 0) is 60.8 Å². The van der Waals surface area contributed by atoms with Crippen LogP contribution >= 0.6 is 0 Å². The monoisotopic (exact) mass is 406 g/mol. The summed E-state index contributed by atoms with van der Waals surface area (Å²) in [4.78, 5) is 18.0. The van der Waals surface area contributed by atoms with Crippen molar-refractivity contribution < 1.29 is 4.79 Å². The first-order valence-electron chi connectivity index (χ1n) is 11.4. The average Bonchev–Trinajstić information content (AvgIpc) is 3.15. The highest BCUT2D eigenvalue weighted by Gasteiger charge is 2.17. The highest BCUT2D eigenvalue weighted by atomic mass is 16.1. The van der Waals surface area contributed by atoms with Gasteiger partial charge in [-0.3, -0.25) is 4.79 Å². The summed E-state index contributed by atoms with van der Waals surface area (Å²) in [6, 6.07) is 16.0. The van der Waals surface area contributed by atoms with E-state index in [1.165, 1.54) is 38.2 Å². The zero-order chi connectivity index (χ0) is 21.9. The molecule has 1 aliphatic rings. The van der Waals surface area contributed by atoms with Crippen molar-refractivity contribution in [2.45, 2.75) is 66.7 Å². The van der Waals surface area contributed by atoms with Crippen molar-refractivity contribution in [2.24, 2.45) is 17.8 Å². The summed E-state index contributed by atoms with van der Waals surface area (Å²) in [7, 11) is 0. The molecule has 1 aromatic carbocycles. The van der Waals surface area contributed by atoms with Crippen molar-refractivity contribution in [2.75, 3.05) is 0 Å². The van der Waals surface area contributed by atoms with E-state index >= 15 is 0 Å². The van der Waals surface area contributed by atoms with Gasteiger partial charge in [0.1, 0.15) is 11.3 Å². The number of hydrogen-bond acceptors (Lipinski definition) is 2. The molecule has 162 valence electrons. The van der Waals surface area contributed by atoms with Gasteiger partial charge in [-0.2, -0.15) is 0 Å². The van der Waals surface area contributed by atoms with Crippen LogP contribution < -0.4 is 0 Å². The maximum atomic E-state index is 10.9. The van der Waals surface area contributed by atoms with Crippen LogP contribution in [0.1, 0.15) is 76.4 Å².